The van der Waals surface area contributed by atoms with E-state index in [0.717, 1.165) is 41.6 Å². The van der Waals surface area contributed by atoms with Crippen molar-refractivity contribution < 1.29 is 4.42 Å². The molecule has 3 N–H and O–H groups in total. The van der Waals surface area contributed by atoms with Gasteiger partial charge in [0.1, 0.15) is 11.3 Å². The SMILES string of the molecule is Cc1cccc2cc(C(CCCc3cccs3)NN)oc12. The molecule has 1 atom stereocenters. The fraction of sp³-hybridized carbons (Fsp3) is 0.294. The van der Waals surface area contributed by atoms with Crippen LogP contribution in [0.2, 0.25) is 0 Å². The predicted octanol–water partition coefficient (Wildman–Crippen LogP) is 4.33. The Labute approximate surface area is 128 Å². The minimum absolute atomic E-state index is 0.0664. The highest BCUT2D eigenvalue weighted by Crippen LogP contribution is 2.28. The molecule has 2 aromatic heterocycles. The van der Waals surface area contributed by atoms with Gasteiger partial charge in [-0.15, -0.1) is 11.3 Å². The molecule has 0 saturated heterocycles. The van der Waals surface area contributed by atoms with Crippen molar-refractivity contribution in [2.24, 2.45) is 5.84 Å². The van der Waals surface area contributed by atoms with Gasteiger partial charge in [0.2, 0.25) is 0 Å². The number of benzene rings is 1. The zero-order valence-corrected chi connectivity index (χ0v) is 13.0. The fourth-order valence-electron chi connectivity index (χ4n) is 2.64. The Bertz CT molecular complexity index is 703. The number of rotatable bonds is 6. The van der Waals surface area contributed by atoms with E-state index < -0.39 is 0 Å². The summed E-state index contributed by atoms with van der Waals surface area (Å²) in [5.74, 6) is 6.64. The normalized spacial score (nSPS) is 12.9. The molecule has 1 unspecified atom stereocenters. The third-order valence-electron chi connectivity index (χ3n) is 3.80. The number of para-hydroxylation sites is 1. The van der Waals surface area contributed by atoms with Gasteiger partial charge < -0.3 is 4.42 Å². The molecule has 0 aliphatic heterocycles. The van der Waals surface area contributed by atoms with Crippen LogP contribution in [0.3, 0.4) is 0 Å². The van der Waals surface area contributed by atoms with Gasteiger partial charge >= 0.3 is 0 Å². The summed E-state index contributed by atoms with van der Waals surface area (Å²) in [6, 6.07) is 12.6. The lowest BCUT2D eigenvalue weighted by Gasteiger charge is -2.12. The van der Waals surface area contributed by atoms with Crippen LogP contribution >= 0.6 is 11.3 Å². The van der Waals surface area contributed by atoms with Crippen LogP contribution in [0.15, 0.2) is 46.2 Å². The van der Waals surface area contributed by atoms with Gasteiger partial charge in [0, 0.05) is 10.3 Å². The van der Waals surface area contributed by atoms with Crippen molar-refractivity contribution in [1.82, 2.24) is 5.43 Å². The van der Waals surface area contributed by atoms with Gasteiger partial charge in [-0.3, -0.25) is 5.84 Å². The highest BCUT2D eigenvalue weighted by Gasteiger charge is 2.15. The second-order valence-corrected chi connectivity index (χ2v) is 6.37. The number of hydrogen-bond donors (Lipinski definition) is 2. The average Bonchev–Trinajstić information content (AvgIpc) is 3.13. The van der Waals surface area contributed by atoms with Crippen molar-refractivity contribution in [2.45, 2.75) is 32.2 Å². The lowest BCUT2D eigenvalue weighted by molar-refractivity contribution is 0.409. The molecular weight excluding hydrogens is 280 g/mol. The van der Waals surface area contributed by atoms with Crippen LogP contribution in [0.4, 0.5) is 0 Å². The molecule has 110 valence electrons. The molecule has 3 rings (SSSR count). The molecular formula is C17H20N2OS. The number of nitrogens with two attached hydrogens (primary N) is 1. The Hall–Kier alpha value is -1.62. The molecule has 0 aliphatic rings. The van der Waals surface area contributed by atoms with Crippen molar-refractivity contribution >= 4 is 22.3 Å². The van der Waals surface area contributed by atoms with Gasteiger partial charge in [0.25, 0.3) is 0 Å². The molecule has 0 bridgehead atoms. The van der Waals surface area contributed by atoms with Gasteiger partial charge in [-0.1, -0.05) is 24.3 Å². The van der Waals surface area contributed by atoms with Gasteiger partial charge in [-0.2, -0.15) is 0 Å². The molecule has 4 heteroatoms. The lowest BCUT2D eigenvalue weighted by atomic mass is 10.1. The summed E-state index contributed by atoms with van der Waals surface area (Å²) in [5, 5.41) is 3.26. The summed E-state index contributed by atoms with van der Waals surface area (Å²) in [7, 11) is 0. The van der Waals surface area contributed by atoms with Crippen LogP contribution in [0, 0.1) is 6.92 Å². The summed E-state index contributed by atoms with van der Waals surface area (Å²) in [6.07, 6.45) is 3.15. The van der Waals surface area contributed by atoms with Crippen molar-refractivity contribution in [3.63, 3.8) is 0 Å². The van der Waals surface area contributed by atoms with E-state index in [9.17, 15) is 0 Å². The Morgan fingerprint density at radius 2 is 2.19 bits per heavy atom. The zero-order chi connectivity index (χ0) is 14.7. The van der Waals surface area contributed by atoms with Gasteiger partial charge in [0.05, 0.1) is 6.04 Å². The smallest absolute Gasteiger partial charge is 0.137 e. The minimum atomic E-state index is 0.0664. The molecule has 0 amide bonds. The van der Waals surface area contributed by atoms with Crippen LogP contribution in [0.1, 0.15) is 35.1 Å². The molecule has 0 saturated carbocycles. The Morgan fingerprint density at radius 3 is 2.90 bits per heavy atom. The van der Waals surface area contributed by atoms with Gasteiger partial charge in [0.15, 0.2) is 0 Å². The number of hydrazine groups is 1. The monoisotopic (exact) mass is 300 g/mol. The molecule has 2 heterocycles. The first kappa shape index (κ1) is 14.3. The molecule has 3 aromatic rings. The largest absolute Gasteiger partial charge is 0.459 e. The van der Waals surface area contributed by atoms with Crippen LogP contribution in [-0.4, -0.2) is 0 Å². The number of thiophene rings is 1. The van der Waals surface area contributed by atoms with E-state index in [-0.39, 0.29) is 6.04 Å². The third kappa shape index (κ3) is 3.18. The second kappa shape index (κ2) is 6.43. The number of fused-ring (bicyclic) bond motifs is 1. The number of furan rings is 1. The maximum atomic E-state index is 6.00. The summed E-state index contributed by atoms with van der Waals surface area (Å²) < 4.78 is 6.00. The quantitative estimate of drug-likeness (QED) is 0.526. The number of hydrogen-bond acceptors (Lipinski definition) is 4. The molecule has 3 nitrogen and oxygen atoms in total. The lowest BCUT2D eigenvalue weighted by Crippen LogP contribution is -2.27. The van der Waals surface area contributed by atoms with E-state index in [1.165, 1.54) is 4.88 Å². The Balaban J connectivity index is 1.70. The molecule has 0 fully saturated rings. The number of nitrogens with one attached hydrogen (secondary N) is 1. The first-order valence-electron chi connectivity index (χ1n) is 7.25. The summed E-state index contributed by atoms with van der Waals surface area (Å²) in [4.78, 5) is 1.42. The van der Waals surface area contributed by atoms with E-state index in [0.29, 0.717) is 0 Å². The maximum absolute atomic E-state index is 6.00. The standard InChI is InChI=1S/C17H20N2OS/c1-12-5-2-6-13-11-16(20-17(12)13)15(19-18)9-3-7-14-8-4-10-21-14/h2,4-6,8,10-11,15,19H,3,7,9,18H2,1H3. The summed E-state index contributed by atoms with van der Waals surface area (Å²) in [6.45, 7) is 2.07. The molecule has 1 aromatic carbocycles. The van der Waals surface area contributed by atoms with Crippen molar-refractivity contribution in [3.05, 3.63) is 58.0 Å². The van der Waals surface area contributed by atoms with Gasteiger partial charge in [-0.25, -0.2) is 5.43 Å². The zero-order valence-electron chi connectivity index (χ0n) is 12.1. The number of aryl methyl sites for hydroxylation is 2. The molecule has 0 aliphatic carbocycles. The van der Waals surface area contributed by atoms with E-state index in [1.807, 2.05) is 11.3 Å². The minimum Gasteiger partial charge on any atom is -0.459 e. The van der Waals surface area contributed by atoms with Crippen molar-refractivity contribution in [1.29, 1.82) is 0 Å². The Kier molecular flexibility index (Phi) is 4.39. The molecule has 21 heavy (non-hydrogen) atoms. The van der Waals surface area contributed by atoms with Crippen LogP contribution < -0.4 is 11.3 Å². The van der Waals surface area contributed by atoms with Crippen LogP contribution in [0.25, 0.3) is 11.0 Å². The second-order valence-electron chi connectivity index (χ2n) is 5.33. The first-order chi connectivity index (χ1) is 10.3. The topological polar surface area (TPSA) is 51.2 Å². The fourth-order valence-corrected chi connectivity index (χ4v) is 3.39. The van der Waals surface area contributed by atoms with Crippen LogP contribution in [0.5, 0.6) is 0 Å². The highest BCUT2D eigenvalue weighted by molar-refractivity contribution is 7.09. The van der Waals surface area contributed by atoms with E-state index in [2.05, 4.69) is 54.1 Å². The highest BCUT2D eigenvalue weighted by atomic mass is 32.1. The van der Waals surface area contributed by atoms with E-state index in [4.69, 9.17) is 10.3 Å². The Morgan fingerprint density at radius 1 is 1.29 bits per heavy atom. The van der Waals surface area contributed by atoms with E-state index in [1.54, 1.807) is 0 Å². The first-order valence-corrected chi connectivity index (χ1v) is 8.13. The van der Waals surface area contributed by atoms with Crippen molar-refractivity contribution in [2.75, 3.05) is 0 Å². The van der Waals surface area contributed by atoms with Crippen molar-refractivity contribution in [3.8, 4) is 0 Å². The van der Waals surface area contributed by atoms with Gasteiger partial charge in [-0.05, 0) is 49.3 Å². The molecule has 0 radical (unpaired) electrons. The van der Waals surface area contributed by atoms with E-state index >= 15 is 0 Å². The average molecular weight is 300 g/mol. The summed E-state index contributed by atoms with van der Waals surface area (Å²) in [5.41, 5.74) is 5.01. The van der Waals surface area contributed by atoms with Crippen LogP contribution in [-0.2, 0) is 6.42 Å². The summed E-state index contributed by atoms with van der Waals surface area (Å²) >= 11 is 1.81. The predicted molar refractivity (Wildman–Crippen MR) is 88.3 cm³/mol. The third-order valence-corrected chi connectivity index (χ3v) is 4.74. The molecule has 0 spiro atoms. The maximum Gasteiger partial charge on any atom is 0.137 e.